The van der Waals surface area contributed by atoms with Crippen LogP contribution in [0.2, 0.25) is 0 Å². The molecule has 0 aliphatic carbocycles. The summed E-state index contributed by atoms with van der Waals surface area (Å²) in [6.45, 7) is 0. The second kappa shape index (κ2) is 4.96. The van der Waals surface area contributed by atoms with E-state index in [2.05, 4.69) is 21.2 Å². The van der Waals surface area contributed by atoms with E-state index in [4.69, 9.17) is 0 Å². The molecule has 0 atom stereocenters. The first-order valence-corrected chi connectivity index (χ1v) is 6.39. The van der Waals surface area contributed by atoms with Crippen LogP contribution in [0.25, 0.3) is 0 Å². The zero-order valence-corrected chi connectivity index (χ0v) is 10.6. The van der Waals surface area contributed by atoms with Gasteiger partial charge in [0.05, 0.1) is 0 Å². The number of hydrogen-bond donors (Lipinski definition) is 1. The van der Waals surface area contributed by atoms with Crippen LogP contribution in [0.3, 0.4) is 0 Å². The highest BCUT2D eigenvalue weighted by Gasteiger charge is 2.26. The van der Waals surface area contributed by atoms with Crippen molar-refractivity contribution in [3.05, 3.63) is 35.1 Å². The molecule has 3 nitrogen and oxygen atoms in total. The van der Waals surface area contributed by atoms with E-state index in [-0.39, 0.29) is 36.4 Å². The Morgan fingerprint density at radius 3 is 2.47 bits per heavy atom. The highest BCUT2D eigenvalue weighted by atomic mass is 79.9. The molecule has 1 aliphatic heterocycles. The van der Waals surface area contributed by atoms with Crippen LogP contribution in [0.5, 0.6) is 0 Å². The molecule has 1 aromatic carbocycles. The number of carbonyl (C=O) groups is 2. The Balaban J connectivity index is 2.25. The third-order valence-electron chi connectivity index (χ3n) is 2.83. The number of carbonyl (C=O) groups excluding carboxylic acids is 2. The minimum absolute atomic E-state index is 0.213. The van der Waals surface area contributed by atoms with Crippen LogP contribution in [-0.2, 0) is 14.9 Å². The van der Waals surface area contributed by atoms with Gasteiger partial charge in [-0.05, 0) is 17.2 Å². The lowest BCUT2D eigenvalue weighted by molar-refractivity contribution is -0.133. The molecule has 90 valence electrons. The van der Waals surface area contributed by atoms with E-state index < -0.39 is 0 Å². The van der Waals surface area contributed by atoms with Crippen LogP contribution in [0.4, 0.5) is 4.39 Å². The number of piperidine rings is 1. The van der Waals surface area contributed by atoms with Crippen LogP contribution in [0.15, 0.2) is 18.2 Å². The summed E-state index contributed by atoms with van der Waals surface area (Å²) < 4.78 is 13.6. The fourth-order valence-corrected chi connectivity index (χ4v) is 2.39. The van der Waals surface area contributed by atoms with E-state index in [1.54, 1.807) is 12.1 Å². The van der Waals surface area contributed by atoms with Crippen molar-refractivity contribution in [3.8, 4) is 0 Å². The topological polar surface area (TPSA) is 46.2 Å². The monoisotopic (exact) mass is 299 g/mol. The van der Waals surface area contributed by atoms with Crippen LogP contribution in [-0.4, -0.2) is 11.8 Å². The molecule has 1 aromatic rings. The predicted octanol–water partition coefficient (Wildman–Crippen LogP) is 2.24. The van der Waals surface area contributed by atoms with Gasteiger partial charge in [-0.25, -0.2) is 4.39 Å². The Morgan fingerprint density at radius 2 is 1.94 bits per heavy atom. The second-order valence-electron chi connectivity index (χ2n) is 4.06. The van der Waals surface area contributed by atoms with Crippen molar-refractivity contribution in [2.75, 3.05) is 0 Å². The molecule has 1 aliphatic rings. The summed E-state index contributed by atoms with van der Waals surface area (Å²) in [6, 6.07) is 4.86. The highest BCUT2D eigenvalue weighted by molar-refractivity contribution is 9.08. The largest absolute Gasteiger partial charge is 0.296 e. The third-order valence-corrected chi connectivity index (χ3v) is 3.44. The van der Waals surface area contributed by atoms with Crippen molar-refractivity contribution >= 4 is 27.7 Å². The summed E-state index contributed by atoms with van der Waals surface area (Å²) in [4.78, 5) is 22.5. The molecule has 0 saturated carbocycles. The second-order valence-corrected chi connectivity index (χ2v) is 4.62. The Hall–Kier alpha value is -1.23. The average Bonchev–Trinajstić information content (AvgIpc) is 2.27. The van der Waals surface area contributed by atoms with E-state index in [9.17, 15) is 14.0 Å². The SMILES string of the molecule is O=C1CC(c2ccc(CBr)c(F)c2)CC(=O)N1. The number of imide groups is 1. The Labute approximate surface area is 107 Å². The molecule has 1 saturated heterocycles. The van der Waals surface area contributed by atoms with Gasteiger partial charge in [0.2, 0.25) is 11.8 Å². The van der Waals surface area contributed by atoms with Gasteiger partial charge >= 0.3 is 0 Å². The zero-order chi connectivity index (χ0) is 12.4. The van der Waals surface area contributed by atoms with Gasteiger partial charge in [0.1, 0.15) is 5.82 Å². The summed E-state index contributed by atoms with van der Waals surface area (Å²) >= 11 is 3.19. The van der Waals surface area contributed by atoms with Gasteiger partial charge in [-0.1, -0.05) is 28.1 Å². The van der Waals surface area contributed by atoms with Crippen molar-refractivity contribution < 1.29 is 14.0 Å². The first kappa shape index (κ1) is 12.2. The van der Waals surface area contributed by atoms with E-state index in [0.717, 1.165) is 0 Å². The fourth-order valence-electron chi connectivity index (χ4n) is 1.94. The van der Waals surface area contributed by atoms with Crippen molar-refractivity contribution in [1.29, 1.82) is 0 Å². The van der Waals surface area contributed by atoms with Crippen molar-refractivity contribution in [2.24, 2.45) is 0 Å². The maximum Gasteiger partial charge on any atom is 0.227 e. The molecule has 0 aromatic heterocycles. The molecule has 17 heavy (non-hydrogen) atoms. The average molecular weight is 300 g/mol. The van der Waals surface area contributed by atoms with Crippen LogP contribution < -0.4 is 5.32 Å². The standard InChI is InChI=1S/C12H11BrFNO2/c13-6-8-2-1-7(3-10(8)14)9-4-11(16)15-12(17)5-9/h1-3,9H,4-6H2,(H,15,16,17). The molecular weight excluding hydrogens is 289 g/mol. The molecule has 0 spiro atoms. The lowest BCUT2D eigenvalue weighted by Gasteiger charge is -2.21. The first-order valence-electron chi connectivity index (χ1n) is 5.27. The molecule has 0 bridgehead atoms. The molecule has 1 heterocycles. The molecule has 1 N–H and O–H groups in total. The maximum absolute atomic E-state index is 13.6. The number of hydrogen-bond acceptors (Lipinski definition) is 2. The Bertz CT molecular complexity index is 460. The number of alkyl halides is 1. The lowest BCUT2D eigenvalue weighted by Crippen LogP contribution is -2.37. The van der Waals surface area contributed by atoms with Crippen molar-refractivity contribution in [1.82, 2.24) is 5.32 Å². The Morgan fingerprint density at radius 1 is 1.29 bits per heavy atom. The molecule has 1 fully saturated rings. The molecule has 0 radical (unpaired) electrons. The van der Waals surface area contributed by atoms with Crippen LogP contribution in [0.1, 0.15) is 29.9 Å². The Kier molecular flexibility index (Phi) is 3.57. The molecule has 0 unspecified atom stereocenters. The molecule has 2 amide bonds. The van der Waals surface area contributed by atoms with E-state index in [0.29, 0.717) is 16.5 Å². The van der Waals surface area contributed by atoms with Gasteiger partial charge in [0.25, 0.3) is 0 Å². The van der Waals surface area contributed by atoms with Gasteiger partial charge in [-0.3, -0.25) is 14.9 Å². The van der Waals surface area contributed by atoms with Crippen LogP contribution >= 0.6 is 15.9 Å². The van der Waals surface area contributed by atoms with E-state index in [1.165, 1.54) is 6.07 Å². The summed E-state index contributed by atoms with van der Waals surface area (Å²) in [5.41, 5.74) is 1.27. The number of halogens is 2. The van der Waals surface area contributed by atoms with Gasteiger partial charge in [0.15, 0.2) is 0 Å². The normalized spacial score (nSPS) is 17.1. The third kappa shape index (κ3) is 2.72. The zero-order valence-electron chi connectivity index (χ0n) is 9.00. The fraction of sp³-hybridized carbons (Fsp3) is 0.333. The number of nitrogens with one attached hydrogen (secondary N) is 1. The first-order chi connectivity index (χ1) is 8.10. The smallest absolute Gasteiger partial charge is 0.227 e. The van der Waals surface area contributed by atoms with Crippen molar-refractivity contribution in [2.45, 2.75) is 24.1 Å². The van der Waals surface area contributed by atoms with Gasteiger partial charge in [-0.15, -0.1) is 0 Å². The minimum Gasteiger partial charge on any atom is -0.296 e. The van der Waals surface area contributed by atoms with E-state index >= 15 is 0 Å². The lowest BCUT2D eigenvalue weighted by atomic mass is 9.89. The predicted molar refractivity (Wildman–Crippen MR) is 64.2 cm³/mol. The molecular formula is C12H11BrFNO2. The van der Waals surface area contributed by atoms with Gasteiger partial charge in [-0.2, -0.15) is 0 Å². The quantitative estimate of drug-likeness (QED) is 0.672. The number of amides is 2. The van der Waals surface area contributed by atoms with E-state index in [1.807, 2.05) is 0 Å². The molecule has 5 heteroatoms. The molecule has 2 rings (SSSR count). The maximum atomic E-state index is 13.6. The highest BCUT2D eigenvalue weighted by Crippen LogP contribution is 2.27. The summed E-state index contributed by atoms with van der Waals surface area (Å²) in [5, 5.41) is 2.68. The van der Waals surface area contributed by atoms with Gasteiger partial charge in [0, 0.05) is 24.1 Å². The summed E-state index contributed by atoms with van der Waals surface area (Å²) in [6.07, 6.45) is 0.470. The summed E-state index contributed by atoms with van der Waals surface area (Å²) in [7, 11) is 0. The minimum atomic E-state index is -0.308. The van der Waals surface area contributed by atoms with Crippen LogP contribution in [0, 0.1) is 5.82 Å². The summed E-state index contributed by atoms with van der Waals surface area (Å²) in [5.74, 6) is -1.11. The van der Waals surface area contributed by atoms with Gasteiger partial charge < -0.3 is 0 Å². The van der Waals surface area contributed by atoms with Crippen molar-refractivity contribution in [3.63, 3.8) is 0 Å². The number of rotatable bonds is 2. The number of benzene rings is 1.